The van der Waals surface area contributed by atoms with Crippen molar-refractivity contribution >= 4 is 50.6 Å². The van der Waals surface area contributed by atoms with Crippen LogP contribution in [0.25, 0.3) is 72.8 Å². The van der Waals surface area contributed by atoms with E-state index in [0.29, 0.717) is 17.5 Å². The number of rotatable bonds is 9. The molecular weight excluding hydrogens is 793 g/mol. The minimum Gasteiger partial charge on any atom is -0.309 e. The van der Waals surface area contributed by atoms with E-state index in [-0.39, 0.29) is 0 Å². The van der Waals surface area contributed by atoms with E-state index in [9.17, 15) is 0 Å². The van der Waals surface area contributed by atoms with Gasteiger partial charge < -0.3 is 4.57 Å². The van der Waals surface area contributed by atoms with Crippen LogP contribution in [0.5, 0.6) is 0 Å². The Bertz CT molecular complexity index is 3290. The molecule has 0 saturated carbocycles. The van der Waals surface area contributed by atoms with Crippen molar-refractivity contribution in [2.75, 3.05) is 0 Å². The van der Waals surface area contributed by atoms with E-state index in [1.54, 1.807) is 0 Å². The first kappa shape index (κ1) is 38.9. The molecule has 2 aromatic heterocycles. The second kappa shape index (κ2) is 16.4. The minimum absolute atomic E-state index is 0.616. The predicted octanol–water partition coefficient (Wildman–Crippen LogP) is 11.6. The molecule has 0 aliphatic carbocycles. The van der Waals surface area contributed by atoms with E-state index in [2.05, 4.69) is 213 Å². The molecule has 11 aromatic rings. The highest BCUT2D eigenvalue weighted by atomic mass is 28.3. The van der Waals surface area contributed by atoms with Gasteiger partial charge in [0.25, 0.3) is 0 Å². The van der Waals surface area contributed by atoms with Crippen LogP contribution in [0.4, 0.5) is 0 Å². The van der Waals surface area contributed by atoms with Crippen LogP contribution < -0.4 is 20.7 Å². The van der Waals surface area contributed by atoms with Crippen molar-refractivity contribution in [2.24, 2.45) is 0 Å². The Labute approximate surface area is 374 Å². The van der Waals surface area contributed by atoms with Gasteiger partial charge in [0.15, 0.2) is 25.5 Å². The first-order valence-corrected chi connectivity index (χ1v) is 23.9. The van der Waals surface area contributed by atoms with E-state index in [4.69, 9.17) is 15.0 Å². The smallest absolute Gasteiger partial charge is 0.179 e. The zero-order valence-electron chi connectivity index (χ0n) is 35.7. The lowest BCUT2D eigenvalue weighted by atomic mass is 10.0. The van der Waals surface area contributed by atoms with Crippen LogP contribution in [0.15, 0.2) is 231 Å². The summed E-state index contributed by atoms with van der Waals surface area (Å²) in [5, 5.41) is 7.78. The maximum absolute atomic E-state index is 5.20. The lowest BCUT2D eigenvalue weighted by Crippen LogP contribution is -2.74. The number of hydrogen-bond donors (Lipinski definition) is 0. The molecule has 5 heteroatoms. The van der Waals surface area contributed by atoms with Gasteiger partial charge in [-0.15, -0.1) is 0 Å². The van der Waals surface area contributed by atoms with E-state index in [1.165, 1.54) is 42.6 Å². The first-order valence-electron chi connectivity index (χ1n) is 21.9. The van der Waals surface area contributed by atoms with Gasteiger partial charge in [-0.05, 0) is 70.0 Å². The Morgan fingerprint density at radius 1 is 0.328 bits per heavy atom. The van der Waals surface area contributed by atoms with Gasteiger partial charge in [0.2, 0.25) is 0 Å². The Morgan fingerprint density at radius 3 is 1.36 bits per heavy atom. The number of nitrogens with zero attached hydrogens (tertiary/aromatic N) is 4. The molecule has 0 N–H and O–H groups in total. The predicted molar refractivity (Wildman–Crippen MR) is 269 cm³/mol. The molecule has 4 nitrogen and oxygen atoms in total. The van der Waals surface area contributed by atoms with E-state index in [1.807, 2.05) is 36.4 Å². The van der Waals surface area contributed by atoms with Gasteiger partial charge >= 0.3 is 0 Å². The highest BCUT2D eigenvalue weighted by molar-refractivity contribution is 7.19. The average molecular weight is 837 g/mol. The van der Waals surface area contributed by atoms with Crippen molar-refractivity contribution in [1.29, 1.82) is 0 Å². The van der Waals surface area contributed by atoms with Crippen LogP contribution in [-0.2, 0) is 0 Å². The zero-order valence-corrected chi connectivity index (χ0v) is 36.7. The van der Waals surface area contributed by atoms with Crippen LogP contribution in [-0.4, -0.2) is 27.6 Å². The normalized spacial score (nSPS) is 11.6. The second-order valence-electron chi connectivity index (χ2n) is 16.6. The van der Waals surface area contributed by atoms with Gasteiger partial charge in [-0.2, -0.15) is 0 Å². The summed E-state index contributed by atoms with van der Waals surface area (Å²) in [6.07, 6.45) is 0. The number of benzene rings is 9. The summed E-state index contributed by atoms with van der Waals surface area (Å²) in [7, 11) is -2.82. The summed E-state index contributed by atoms with van der Waals surface area (Å²) in [4.78, 5) is 15.4. The molecule has 0 amide bonds. The standard InChI is InChI=1S/C59H44N4Si/c1-41-32-36-54-53(37-41)52-34-31-42(2)38-55(52)63(54)56-40-46(59-61-57(43-19-8-3-9-20-43)60-58(62-59)44-21-10-4-11-22-44)33-35-51(56)45-23-18-30-50(39-45)64(47-24-12-5-13-25-47,48-26-14-6-15-27-48)49-28-16-7-17-29-49/h3-40H,1-2H3. The number of aromatic nitrogens is 4. The molecule has 9 aromatic carbocycles. The van der Waals surface area contributed by atoms with Gasteiger partial charge in [0.1, 0.15) is 0 Å². The topological polar surface area (TPSA) is 43.6 Å². The lowest BCUT2D eigenvalue weighted by Gasteiger charge is -2.34. The molecule has 0 unspecified atom stereocenters. The Hall–Kier alpha value is -7.99. The molecule has 11 rings (SSSR count). The molecule has 0 spiro atoms. The van der Waals surface area contributed by atoms with Crippen LogP contribution >= 0.6 is 0 Å². The van der Waals surface area contributed by atoms with Gasteiger partial charge in [0.05, 0.1) is 16.7 Å². The van der Waals surface area contributed by atoms with Crippen molar-refractivity contribution in [1.82, 2.24) is 19.5 Å². The fourth-order valence-corrected chi connectivity index (χ4v) is 14.3. The largest absolute Gasteiger partial charge is 0.309 e. The summed E-state index contributed by atoms with van der Waals surface area (Å²) in [5.41, 5.74) is 10.8. The number of aryl methyl sites for hydroxylation is 2. The Kier molecular flexibility index (Phi) is 9.95. The summed E-state index contributed by atoms with van der Waals surface area (Å²) >= 11 is 0. The third-order valence-electron chi connectivity index (χ3n) is 12.5. The molecule has 0 bridgehead atoms. The molecule has 0 atom stereocenters. The Morgan fingerprint density at radius 2 is 0.797 bits per heavy atom. The van der Waals surface area contributed by atoms with Gasteiger partial charge in [0, 0.05) is 33.0 Å². The molecule has 304 valence electrons. The van der Waals surface area contributed by atoms with Gasteiger partial charge in [-0.25, -0.2) is 15.0 Å². The Balaban J connectivity index is 1.20. The molecule has 0 saturated heterocycles. The summed E-state index contributed by atoms with van der Waals surface area (Å²) in [6.45, 7) is 4.35. The van der Waals surface area contributed by atoms with E-state index < -0.39 is 8.07 Å². The summed E-state index contributed by atoms with van der Waals surface area (Å²) in [5.74, 6) is 1.88. The molecule has 0 fully saturated rings. The van der Waals surface area contributed by atoms with Crippen LogP contribution in [0.3, 0.4) is 0 Å². The quantitative estimate of drug-likeness (QED) is 0.107. The molecular formula is C59H44N4Si. The lowest BCUT2D eigenvalue weighted by molar-refractivity contribution is 1.07. The van der Waals surface area contributed by atoms with Crippen LogP contribution in [0, 0.1) is 13.8 Å². The highest BCUT2D eigenvalue weighted by Gasteiger charge is 2.41. The fourth-order valence-electron chi connectivity index (χ4n) is 9.53. The first-order chi connectivity index (χ1) is 31.5. The fraction of sp³-hybridized carbons (Fsp3) is 0.0339. The van der Waals surface area contributed by atoms with Crippen molar-refractivity contribution in [3.8, 4) is 51.0 Å². The number of fused-ring (bicyclic) bond motifs is 3. The van der Waals surface area contributed by atoms with Crippen molar-refractivity contribution in [3.05, 3.63) is 242 Å². The molecule has 2 heterocycles. The number of hydrogen-bond acceptors (Lipinski definition) is 3. The van der Waals surface area contributed by atoms with Crippen molar-refractivity contribution < 1.29 is 0 Å². The maximum Gasteiger partial charge on any atom is 0.179 e. The molecule has 0 aliphatic heterocycles. The molecule has 0 aliphatic rings. The van der Waals surface area contributed by atoms with Crippen LogP contribution in [0.1, 0.15) is 11.1 Å². The van der Waals surface area contributed by atoms with Crippen molar-refractivity contribution in [2.45, 2.75) is 13.8 Å². The van der Waals surface area contributed by atoms with Crippen LogP contribution in [0.2, 0.25) is 0 Å². The van der Waals surface area contributed by atoms with Gasteiger partial charge in [-0.1, -0.05) is 212 Å². The monoisotopic (exact) mass is 836 g/mol. The zero-order chi connectivity index (χ0) is 43.0. The average Bonchev–Trinajstić information content (AvgIpc) is 3.67. The summed E-state index contributed by atoms with van der Waals surface area (Å²) < 4.78 is 2.45. The van der Waals surface area contributed by atoms with Gasteiger partial charge in [-0.3, -0.25) is 0 Å². The maximum atomic E-state index is 5.20. The second-order valence-corrected chi connectivity index (χ2v) is 20.4. The highest BCUT2D eigenvalue weighted by Crippen LogP contribution is 2.39. The minimum atomic E-state index is -2.82. The molecule has 0 radical (unpaired) electrons. The van der Waals surface area contributed by atoms with Crippen molar-refractivity contribution in [3.63, 3.8) is 0 Å². The van der Waals surface area contributed by atoms with E-state index >= 15 is 0 Å². The summed E-state index contributed by atoms with van der Waals surface area (Å²) in [6, 6.07) is 83.5. The molecule has 64 heavy (non-hydrogen) atoms. The van der Waals surface area contributed by atoms with E-state index in [0.717, 1.165) is 44.5 Å². The third kappa shape index (κ3) is 6.83. The third-order valence-corrected chi connectivity index (χ3v) is 17.3. The SMILES string of the molecule is Cc1ccc2c(c1)c1ccc(C)cc1n2-c1cc(-c2nc(-c3ccccc3)nc(-c3ccccc3)n2)ccc1-c1cccc([Si](c2ccccc2)(c2ccccc2)c2ccccc2)c1.